The quantitative estimate of drug-likeness (QED) is 0.171. The summed E-state index contributed by atoms with van der Waals surface area (Å²) in [6.07, 6.45) is 3.13. The molecule has 2 rings (SSSR count). The summed E-state index contributed by atoms with van der Waals surface area (Å²) in [5.74, 6) is -0.927. The molecule has 0 unspecified atom stereocenters. The number of nitro groups is 1. The van der Waals surface area contributed by atoms with Crippen LogP contribution in [0.1, 0.15) is 25.5 Å². The van der Waals surface area contributed by atoms with Crippen LogP contribution in [0.25, 0.3) is 0 Å². The maximum Gasteiger partial charge on any atom is 0.321 e. The lowest BCUT2D eigenvalue weighted by Crippen LogP contribution is -2.34. The molecular weight excluding hydrogens is 444 g/mol. The van der Waals surface area contributed by atoms with E-state index in [2.05, 4.69) is 10.6 Å². The topological polar surface area (TPSA) is 170 Å². The minimum Gasteiger partial charge on any atom is -0.467 e. The van der Waals surface area contributed by atoms with Crippen LogP contribution in [0.15, 0.2) is 45.9 Å². The highest BCUT2D eigenvalue weighted by Gasteiger charge is 2.22. The van der Waals surface area contributed by atoms with E-state index in [4.69, 9.17) is 9.15 Å². The zero-order valence-corrected chi connectivity index (χ0v) is 18.1. The molecule has 0 saturated heterocycles. The summed E-state index contributed by atoms with van der Waals surface area (Å²) in [5, 5.41) is 16.7. The number of furan rings is 1. The van der Waals surface area contributed by atoms with Crippen LogP contribution < -0.4 is 15.4 Å². The fourth-order valence-corrected chi connectivity index (χ4v) is 3.45. The van der Waals surface area contributed by atoms with Gasteiger partial charge in [-0.1, -0.05) is 13.3 Å². The van der Waals surface area contributed by atoms with Gasteiger partial charge >= 0.3 is 5.97 Å². The summed E-state index contributed by atoms with van der Waals surface area (Å²) in [6.45, 7) is 1.29. The zero-order valence-electron chi connectivity index (χ0n) is 17.3. The Morgan fingerprint density at radius 2 is 2.03 bits per heavy atom. The number of carbonyl (C=O) groups is 2. The fraction of sp³-hybridized carbons (Fsp3) is 0.368. The normalized spacial score (nSPS) is 11.0. The number of amides is 1. The highest BCUT2D eigenvalue weighted by atomic mass is 32.2. The van der Waals surface area contributed by atoms with Crippen molar-refractivity contribution in [2.75, 3.05) is 25.0 Å². The summed E-state index contributed by atoms with van der Waals surface area (Å²) >= 11 is 0. The van der Waals surface area contributed by atoms with Gasteiger partial charge in [0.05, 0.1) is 22.6 Å². The lowest BCUT2D eigenvalue weighted by atomic mass is 10.2. The van der Waals surface area contributed by atoms with Crippen LogP contribution in [-0.4, -0.2) is 44.9 Å². The lowest BCUT2D eigenvalue weighted by molar-refractivity contribution is -0.384. The first-order chi connectivity index (χ1) is 15.2. The van der Waals surface area contributed by atoms with Crippen LogP contribution in [0.3, 0.4) is 0 Å². The molecular formula is C19H24N4O8S. The second-order valence-corrected chi connectivity index (χ2v) is 8.32. The summed E-state index contributed by atoms with van der Waals surface area (Å²) < 4.78 is 36.7. The van der Waals surface area contributed by atoms with Crippen LogP contribution in [0.2, 0.25) is 0 Å². The van der Waals surface area contributed by atoms with E-state index in [-0.39, 0.29) is 12.2 Å². The molecule has 174 valence electrons. The van der Waals surface area contributed by atoms with Gasteiger partial charge in [-0.2, -0.15) is 4.72 Å². The first-order valence-corrected chi connectivity index (χ1v) is 11.2. The minimum absolute atomic E-state index is 0.0962. The standard InChI is InChI=1S/C19H24N4O8S/c1-2-3-8-20-18(24)13-31-19(25)12-22-32(28,29)15-6-7-16(17(10-15)23(26)27)21-11-14-5-4-9-30-14/h4-7,9-10,21-22H,2-3,8,11-13H2,1H3,(H,20,24). The monoisotopic (exact) mass is 468 g/mol. The molecule has 1 aromatic carbocycles. The number of unbranched alkanes of at least 4 members (excludes halogenated alkanes) is 1. The van der Waals surface area contributed by atoms with Crippen molar-refractivity contribution < 1.29 is 32.1 Å². The van der Waals surface area contributed by atoms with Crippen LogP contribution in [0.5, 0.6) is 0 Å². The Balaban J connectivity index is 1.95. The fourth-order valence-electron chi connectivity index (χ4n) is 2.46. The molecule has 0 saturated carbocycles. The van der Waals surface area contributed by atoms with E-state index in [0.29, 0.717) is 12.3 Å². The average Bonchev–Trinajstić information content (AvgIpc) is 3.28. The molecule has 3 N–H and O–H groups in total. The predicted octanol–water partition coefficient (Wildman–Crippen LogP) is 1.54. The average molecular weight is 468 g/mol. The third kappa shape index (κ3) is 7.67. The number of carbonyl (C=O) groups excluding carboxylic acids is 2. The van der Waals surface area contributed by atoms with Crippen LogP contribution in [0.4, 0.5) is 11.4 Å². The van der Waals surface area contributed by atoms with Gasteiger partial charge in [0.25, 0.3) is 11.6 Å². The van der Waals surface area contributed by atoms with Gasteiger partial charge in [-0.25, -0.2) is 8.42 Å². The van der Waals surface area contributed by atoms with Crippen molar-refractivity contribution in [3.63, 3.8) is 0 Å². The molecule has 2 aromatic rings. The highest BCUT2D eigenvalue weighted by Crippen LogP contribution is 2.28. The van der Waals surface area contributed by atoms with Crippen molar-refractivity contribution >= 4 is 33.3 Å². The van der Waals surface area contributed by atoms with Crippen LogP contribution in [-0.2, 0) is 30.9 Å². The molecule has 0 atom stereocenters. The van der Waals surface area contributed by atoms with Crippen molar-refractivity contribution in [1.29, 1.82) is 0 Å². The Labute approximate surface area is 184 Å². The number of nitrogens with zero attached hydrogens (tertiary/aromatic N) is 1. The van der Waals surface area contributed by atoms with Crippen molar-refractivity contribution in [1.82, 2.24) is 10.0 Å². The smallest absolute Gasteiger partial charge is 0.321 e. The number of nitrogens with one attached hydrogen (secondary N) is 3. The molecule has 13 heteroatoms. The molecule has 12 nitrogen and oxygen atoms in total. The van der Waals surface area contributed by atoms with E-state index >= 15 is 0 Å². The van der Waals surface area contributed by atoms with Gasteiger partial charge in [0.15, 0.2) is 6.61 Å². The molecule has 1 amide bonds. The lowest BCUT2D eigenvalue weighted by Gasteiger charge is -2.10. The molecule has 0 fully saturated rings. The van der Waals surface area contributed by atoms with Crippen LogP contribution in [0, 0.1) is 10.1 Å². The Hall–Kier alpha value is -3.45. The van der Waals surface area contributed by atoms with Crippen molar-refractivity contribution in [2.45, 2.75) is 31.2 Å². The highest BCUT2D eigenvalue weighted by molar-refractivity contribution is 7.89. The Bertz CT molecular complexity index is 1040. The van der Waals surface area contributed by atoms with E-state index in [1.165, 1.54) is 12.3 Å². The van der Waals surface area contributed by atoms with E-state index in [9.17, 15) is 28.1 Å². The second-order valence-electron chi connectivity index (χ2n) is 6.56. The molecule has 0 aliphatic heterocycles. The maximum atomic E-state index is 12.4. The summed E-state index contributed by atoms with van der Waals surface area (Å²) in [7, 11) is -4.24. The van der Waals surface area contributed by atoms with Gasteiger partial charge in [0.1, 0.15) is 18.0 Å². The Morgan fingerprint density at radius 1 is 1.25 bits per heavy atom. The first kappa shape index (κ1) is 24.8. The van der Waals surface area contributed by atoms with Crippen molar-refractivity contribution in [2.24, 2.45) is 0 Å². The molecule has 0 aliphatic rings. The van der Waals surface area contributed by atoms with Gasteiger partial charge < -0.3 is 19.8 Å². The second kappa shape index (κ2) is 11.8. The van der Waals surface area contributed by atoms with Gasteiger partial charge in [-0.05, 0) is 30.7 Å². The van der Waals surface area contributed by atoms with Gasteiger partial charge in [-0.3, -0.25) is 19.7 Å². The van der Waals surface area contributed by atoms with E-state index in [1.807, 2.05) is 11.6 Å². The molecule has 1 heterocycles. The van der Waals surface area contributed by atoms with Crippen molar-refractivity contribution in [3.05, 3.63) is 52.5 Å². The number of sulfonamides is 1. The molecule has 1 aromatic heterocycles. The number of benzene rings is 1. The maximum absolute atomic E-state index is 12.4. The number of rotatable bonds is 13. The Kier molecular flexibility index (Phi) is 9.16. The predicted molar refractivity (Wildman–Crippen MR) is 113 cm³/mol. The number of ether oxygens (including phenoxy) is 1. The number of esters is 1. The van der Waals surface area contributed by atoms with Gasteiger partial charge in [0.2, 0.25) is 10.0 Å². The van der Waals surface area contributed by atoms with E-state index in [1.54, 1.807) is 12.1 Å². The number of nitro benzene ring substituents is 1. The summed E-state index contributed by atoms with van der Waals surface area (Å²) in [6, 6.07) is 6.62. The summed E-state index contributed by atoms with van der Waals surface area (Å²) in [5.41, 5.74) is -0.371. The Morgan fingerprint density at radius 3 is 2.69 bits per heavy atom. The first-order valence-electron chi connectivity index (χ1n) is 9.69. The third-order valence-electron chi connectivity index (χ3n) is 4.13. The molecule has 32 heavy (non-hydrogen) atoms. The van der Waals surface area contributed by atoms with E-state index in [0.717, 1.165) is 25.0 Å². The molecule has 0 radical (unpaired) electrons. The SMILES string of the molecule is CCCCNC(=O)COC(=O)CNS(=O)(=O)c1ccc(NCc2ccco2)c([N+](=O)[O-])c1. The summed E-state index contributed by atoms with van der Waals surface area (Å²) in [4.78, 5) is 33.5. The minimum atomic E-state index is -4.24. The largest absolute Gasteiger partial charge is 0.467 e. The van der Waals surface area contributed by atoms with Crippen molar-refractivity contribution in [3.8, 4) is 0 Å². The number of hydrogen-bond acceptors (Lipinski definition) is 9. The zero-order chi connectivity index (χ0) is 23.6. The van der Waals surface area contributed by atoms with Gasteiger partial charge in [-0.15, -0.1) is 0 Å². The molecule has 0 spiro atoms. The van der Waals surface area contributed by atoms with E-state index < -0.39 is 50.6 Å². The number of hydrogen-bond donors (Lipinski definition) is 3. The van der Waals surface area contributed by atoms with Crippen LogP contribution >= 0.6 is 0 Å². The molecule has 0 bridgehead atoms. The number of anilines is 1. The molecule has 0 aliphatic carbocycles. The third-order valence-corrected chi connectivity index (χ3v) is 5.53. The van der Waals surface area contributed by atoms with Gasteiger partial charge in [0, 0.05) is 12.6 Å².